The predicted octanol–water partition coefficient (Wildman–Crippen LogP) is 3.24. The number of carbonyl (C=O) groups is 1. The average Bonchev–Trinajstić information content (AvgIpc) is 2.54. The second-order valence-electron chi connectivity index (χ2n) is 4.52. The Labute approximate surface area is 128 Å². The quantitative estimate of drug-likeness (QED) is 0.890. The summed E-state index contributed by atoms with van der Waals surface area (Å²) in [7, 11) is 0. The number of ether oxygens (including phenoxy) is 1. The van der Waals surface area contributed by atoms with Crippen LogP contribution >= 0.6 is 11.8 Å². The minimum absolute atomic E-state index is 0.0344. The van der Waals surface area contributed by atoms with Crippen molar-refractivity contribution in [3.05, 3.63) is 54.2 Å². The van der Waals surface area contributed by atoms with Gasteiger partial charge >= 0.3 is 0 Å². The molecule has 1 atom stereocenters. The molecule has 0 radical (unpaired) electrons. The molecule has 0 saturated carbocycles. The highest BCUT2D eigenvalue weighted by atomic mass is 32.2. The number of nitrogens with one attached hydrogen (secondary N) is 1. The van der Waals surface area contributed by atoms with Crippen molar-refractivity contribution < 1.29 is 9.53 Å². The number of hydrogen-bond donors (Lipinski definition) is 1. The number of benzene rings is 1. The number of aromatic nitrogens is 1. The Balaban J connectivity index is 1.89. The van der Waals surface area contributed by atoms with E-state index in [-0.39, 0.29) is 11.2 Å². The van der Waals surface area contributed by atoms with E-state index in [1.807, 2.05) is 49.6 Å². The van der Waals surface area contributed by atoms with Gasteiger partial charge in [-0.2, -0.15) is 11.8 Å². The fraction of sp³-hybridized carbons (Fsp3) is 0.250. The second kappa shape index (κ2) is 7.69. The molecule has 0 bridgehead atoms. The zero-order chi connectivity index (χ0) is 15.1. The van der Waals surface area contributed by atoms with Gasteiger partial charge in [-0.25, -0.2) is 4.98 Å². The molecule has 1 unspecified atom stereocenters. The standard InChI is InChI=1S/C16H18N2O2S/c1-12(21-2)16(19)18-11-13-8-9-15(17-10-13)20-14-6-4-3-5-7-14/h3-10,12H,11H2,1-2H3,(H,18,19). The summed E-state index contributed by atoms with van der Waals surface area (Å²) >= 11 is 1.52. The Morgan fingerprint density at radius 3 is 2.67 bits per heavy atom. The molecule has 0 spiro atoms. The molecule has 2 aromatic rings. The summed E-state index contributed by atoms with van der Waals surface area (Å²) in [6, 6.07) is 13.2. The van der Waals surface area contributed by atoms with Crippen LogP contribution in [0.4, 0.5) is 0 Å². The SMILES string of the molecule is CSC(C)C(=O)NCc1ccc(Oc2ccccc2)nc1. The van der Waals surface area contributed by atoms with Gasteiger partial charge in [-0.1, -0.05) is 24.3 Å². The highest BCUT2D eigenvalue weighted by molar-refractivity contribution is 7.99. The largest absolute Gasteiger partial charge is 0.439 e. The summed E-state index contributed by atoms with van der Waals surface area (Å²) in [5, 5.41) is 2.84. The van der Waals surface area contributed by atoms with Gasteiger partial charge in [-0.15, -0.1) is 0 Å². The molecule has 0 aliphatic carbocycles. The van der Waals surface area contributed by atoms with Crippen LogP contribution in [0.3, 0.4) is 0 Å². The van der Waals surface area contributed by atoms with Crippen molar-refractivity contribution in [2.75, 3.05) is 6.26 Å². The molecule has 0 fully saturated rings. The number of rotatable bonds is 6. The molecule has 1 N–H and O–H groups in total. The van der Waals surface area contributed by atoms with E-state index in [1.54, 1.807) is 12.3 Å². The lowest BCUT2D eigenvalue weighted by molar-refractivity contribution is -0.120. The van der Waals surface area contributed by atoms with Crippen LogP contribution in [0.15, 0.2) is 48.7 Å². The van der Waals surface area contributed by atoms with Gasteiger partial charge in [0.25, 0.3) is 0 Å². The molecule has 1 heterocycles. The van der Waals surface area contributed by atoms with Crippen molar-refractivity contribution in [2.45, 2.75) is 18.7 Å². The van der Waals surface area contributed by atoms with Gasteiger partial charge in [0, 0.05) is 18.8 Å². The Hall–Kier alpha value is -2.01. The maximum absolute atomic E-state index is 11.7. The van der Waals surface area contributed by atoms with Crippen molar-refractivity contribution in [3.8, 4) is 11.6 Å². The molecule has 1 amide bonds. The first-order chi connectivity index (χ1) is 10.2. The van der Waals surface area contributed by atoms with Crippen LogP contribution in [0.5, 0.6) is 11.6 Å². The second-order valence-corrected chi connectivity index (χ2v) is 5.69. The van der Waals surface area contributed by atoms with Crippen LogP contribution in [0.2, 0.25) is 0 Å². The van der Waals surface area contributed by atoms with Gasteiger partial charge in [0.15, 0.2) is 0 Å². The van der Waals surface area contributed by atoms with Gasteiger partial charge in [-0.3, -0.25) is 4.79 Å². The van der Waals surface area contributed by atoms with E-state index in [2.05, 4.69) is 10.3 Å². The van der Waals surface area contributed by atoms with Gasteiger partial charge in [-0.05, 0) is 30.9 Å². The lowest BCUT2D eigenvalue weighted by atomic mass is 10.3. The maximum atomic E-state index is 11.7. The first-order valence-electron chi connectivity index (χ1n) is 6.67. The number of nitrogens with zero attached hydrogens (tertiary/aromatic N) is 1. The molecular formula is C16H18N2O2S. The lowest BCUT2D eigenvalue weighted by Gasteiger charge is -2.10. The Morgan fingerprint density at radius 2 is 2.05 bits per heavy atom. The first-order valence-corrected chi connectivity index (χ1v) is 7.96. The lowest BCUT2D eigenvalue weighted by Crippen LogP contribution is -2.30. The molecule has 1 aromatic carbocycles. The van der Waals surface area contributed by atoms with E-state index in [1.165, 1.54) is 11.8 Å². The molecule has 5 heteroatoms. The Bertz CT molecular complexity index is 573. The van der Waals surface area contributed by atoms with E-state index >= 15 is 0 Å². The summed E-state index contributed by atoms with van der Waals surface area (Å²) in [5.41, 5.74) is 0.942. The van der Waals surface area contributed by atoms with Gasteiger partial charge < -0.3 is 10.1 Å². The molecule has 2 rings (SSSR count). The monoisotopic (exact) mass is 302 g/mol. The van der Waals surface area contributed by atoms with Crippen molar-refractivity contribution in [1.82, 2.24) is 10.3 Å². The van der Waals surface area contributed by atoms with Gasteiger partial charge in [0.05, 0.1) is 5.25 Å². The number of carbonyl (C=O) groups excluding carboxylic acids is 1. The summed E-state index contributed by atoms with van der Waals surface area (Å²) < 4.78 is 5.61. The topological polar surface area (TPSA) is 51.2 Å². The van der Waals surface area contributed by atoms with Crippen LogP contribution < -0.4 is 10.1 Å². The third kappa shape index (κ3) is 4.79. The van der Waals surface area contributed by atoms with E-state index < -0.39 is 0 Å². The fourth-order valence-electron chi connectivity index (χ4n) is 1.63. The predicted molar refractivity (Wildman–Crippen MR) is 85.6 cm³/mol. The maximum Gasteiger partial charge on any atom is 0.233 e. The smallest absolute Gasteiger partial charge is 0.233 e. The number of para-hydroxylation sites is 1. The van der Waals surface area contributed by atoms with Crippen molar-refractivity contribution >= 4 is 17.7 Å². The van der Waals surface area contributed by atoms with E-state index in [0.717, 1.165) is 11.3 Å². The van der Waals surface area contributed by atoms with Crippen LogP contribution in [-0.4, -0.2) is 22.4 Å². The summed E-state index contributed by atoms with van der Waals surface area (Å²) in [6.07, 6.45) is 3.63. The Morgan fingerprint density at radius 1 is 1.29 bits per heavy atom. The number of pyridine rings is 1. The third-order valence-corrected chi connectivity index (χ3v) is 3.87. The zero-order valence-corrected chi connectivity index (χ0v) is 12.9. The van der Waals surface area contributed by atoms with Crippen LogP contribution in [0.25, 0.3) is 0 Å². The van der Waals surface area contributed by atoms with Crippen molar-refractivity contribution in [1.29, 1.82) is 0 Å². The minimum atomic E-state index is -0.0429. The minimum Gasteiger partial charge on any atom is -0.439 e. The zero-order valence-electron chi connectivity index (χ0n) is 12.1. The van der Waals surface area contributed by atoms with Crippen molar-refractivity contribution in [2.24, 2.45) is 0 Å². The van der Waals surface area contributed by atoms with E-state index in [9.17, 15) is 4.79 Å². The summed E-state index contributed by atoms with van der Waals surface area (Å²) in [5.74, 6) is 1.32. The van der Waals surface area contributed by atoms with Crippen LogP contribution in [0.1, 0.15) is 12.5 Å². The first kappa shape index (κ1) is 15.4. The third-order valence-electron chi connectivity index (χ3n) is 2.95. The number of hydrogen-bond acceptors (Lipinski definition) is 4. The molecule has 110 valence electrons. The molecule has 21 heavy (non-hydrogen) atoms. The summed E-state index contributed by atoms with van der Waals surface area (Å²) in [4.78, 5) is 15.9. The van der Waals surface area contributed by atoms with Crippen LogP contribution in [0, 0.1) is 0 Å². The normalized spacial score (nSPS) is 11.7. The Kier molecular flexibility index (Phi) is 5.63. The highest BCUT2D eigenvalue weighted by Gasteiger charge is 2.10. The number of amides is 1. The average molecular weight is 302 g/mol. The van der Waals surface area contributed by atoms with E-state index in [0.29, 0.717) is 12.4 Å². The van der Waals surface area contributed by atoms with Gasteiger partial charge in [0.1, 0.15) is 5.75 Å². The fourth-order valence-corrected chi connectivity index (χ4v) is 1.92. The molecule has 0 aliphatic rings. The van der Waals surface area contributed by atoms with Gasteiger partial charge in [0.2, 0.25) is 11.8 Å². The molecule has 0 saturated heterocycles. The van der Waals surface area contributed by atoms with E-state index in [4.69, 9.17) is 4.74 Å². The molecule has 0 aliphatic heterocycles. The highest BCUT2D eigenvalue weighted by Crippen LogP contribution is 2.18. The molecule has 4 nitrogen and oxygen atoms in total. The molecular weight excluding hydrogens is 284 g/mol. The van der Waals surface area contributed by atoms with Crippen LogP contribution in [-0.2, 0) is 11.3 Å². The molecule has 1 aromatic heterocycles. The van der Waals surface area contributed by atoms with Crippen molar-refractivity contribution in [3.63, 3.8) is 0 Å². The summed E-state index contributed by atoms with van der Waals surface area (Å²) in [6.45, 7) is 2.36. The number of thioether (sulfide) groups is 1.